The zero-order valence-corrected chi connectivity index (χ0v) is 8.58. The lowest BCUT2D eigenvalue weighted by Crippen LogP contribution is -2.20. The number of amides is 1. The average Bonchev–Trinajstić information content (AvgIpc) is 2.17. The molecule has 3 heteroatoms. The molecule has 0 aliphatic carbocycles. The second-order valence-corrected chi connectivity index (χ2v) is 3.18. The summed E-state index contributed by atoms with van der Waals surface area (Å²) in [6.45, 7) is 5.62. The van der Waals surface area contributed by atoms with Crippen LogP contribution in [0.2, 0.25) is 0 Å². The topological polar surface area (TPSA) is 49.3 Å². The van der Waals surface area contributed by atoms with Crippen LogP contribution in [-0.2, 0) is 11.3 Å². The molecule has 0 bridgehead atoms. The maximum atomic E-state index is 11.1. The minimum absolute atomic E-state index is 0.225. The number of hydrogen-bond donors (Lipinski definition) is 2. The van der Waals surface area contributed by atoms with E-state index in [1.165, 1.54) is 6.08 Å². The van der Waals surface area contributed by atoms with Gasteiger partial charge in [0, 0.05) is 12.6 Å². The van der Waals surface area contributed by atoms with Crippen LogP contribution in [0.1, 0.15) is 11.1 Å². The predicted octanol–water partition coefficient (Wildman–Crippen LogP) is 1.66. The highest BCUT2D eigenvalue weighted by atomic mass is 16.3. The smallest absolute Gasteiger partial charge is 0.251 e. The van der Waals surface area contributed by atoms with Crippen LogP contribution in [0.5, 0.6) is 5.75 Å². The highest BCUT2D eigenvalue weighted by Crippen LogP contribution is 2.15. The first-order valence-electron chi connectivity index (χ1n) is 4.55. The summed E-state index contributed by atoms with van der Waals surface area (Å²) in [6, 6.07) is 5.03. The summed E-state index contributed by atoms with van der Waals surface area (Å²) in [5.41, 5.74) is 4.31. The van der Waals surface area contributed by atoms with Crippen molar-refractivity contribution in [2.24, 2.45) is 0 Å². The van der Waals surface area contributed by atoms with Crippen molar-refractivity contribution < 1.29 is 9.90 Å². The van der Waals surface area contributed by atoms with E-state index in [1.54, 1.807) is 18.2 Å². The molecule has 2 N–H and O–H groups in total. The largest absolute Gasteiger partial charge is 0.508 e. The van der Waals surface area contributed by atoms with Crippen LogP contribution in [0.25, 0.3) is 0 Å². The molecule has 0 heterocycles. The molecule has 1 aromatic carbocycles. The van der Waals surface area contributed by atoms with Crippen molar-refractivity contribution in [2.75, 3.05) is 0 Å². The van der Waals surface area contributed by atoms with Gasteiger partial charge in [-0.25, -0.2) is 0 Å². The van der Waals surface area contributed by atoms with Crippen molar-refractivity contribution >= 4 is 5.91 Å². The van der Waals surface area contributed by atoms with E-state index in [0.29, 0.717) is 6.54 Å². The molecule has 0 saturated heterocycles. The van der Waals surface area contributed by atoms with Crippen molar-refractivity contribution in [3.8, 4) is 5.75 Å². The fourth-order valence-electron chi connectivity index (χ4n) is 1.20. The zero-order valence-electron chi connectivity index (χ0n) is 8.58. The molecule has 0 unspecified atom stereocenters. The van der Waals surface area contributed by atoms with E-state index < -0.39 is 0 Å². The summed E-state index contributed by atoms with van der Waals surface area (Å²) in [4.78, 5) is 11.1. The molecule has 3 nitrogen and oxygen atoms in total. The van der Waals surface area contributed by atoms with Gasteiger partial charge in [-0.15, -0.1) is 5.73 Å². The standard InChI is InChI=1S/C12H13NO2/c1-3-4-12(15)13-8-10-5-6-11(14)7-9(10)2/h4-7,14H,1,8H2,2H3,(H,13,15). The fraction of sp³-hybridized carbons (Fsp3) is 0.167. The zero-order chi connectivity index (χ0) is 11.3. The lowest BCUT2D eigenvalue weighted by atomic mass is 10.1. The monoisotopic (exact) mass is 203 g/mol. The number of nitrogens with one attached hydrogen (secondary N) is 1. The maximum Gasteiger partial charge on any atom is 0.251 e. The molecule has 15 heavy (non-hydrogen) atoms. The Labute approximate surface area is 88.7 Å². The minimum Gasteiger partial charge on any atom is -0.508 e. The van der Waals surface area contributed by atoms with Gasteiger partial charge in [0.25, 0.3) is 5.91 Å². The van der Waals surface area contributed by atoms with Crippen LogP contribution in [0.3, 0.4) is 0 Å². The van der Waals surface area contributed by atoms with Gasteiger partial charge in [-0.05, 0) is 30.2 Å². The number of phenols is 1. The Hall–Kier alpha value is -1.99. The van der Waals surface area contributed by atoms with Crippen LogP contribution >= 0.6 is 0 Å². The molecule has 0 radical (unpaired) electrons. The van der Waals surface area contributed by atoms with Gasteiger partial charge < -0.3 is 10.4 Å². The third kappa shape index (κ3) is 3.33. The summed E-state index contributed by atoms with van der Waals surface area (Å²) in [5, 5.41) is 11.9. The SMILES string of the molecule is C=C=CC(=O)NCc1ccc(O)cc1C. The van der Waals surface area contributed by atoms with Gasteiger partial charge in [0.05, 0.1) is 0 Å². The van der Waals surface area contributed by atoms with Crippen molar-refractivity contribution in [2.45, 2.75) is 13.5 Å². The van der Waals surface area contributed by atoms with Crippen molar-refractivity contribution in [1.82, 2.24) is 5.32 Å². The molecule has 0 spiro atoms. The van der Waals surface area contributed by atoms with E-state index in [0.717, 1.165) is 11.1 Å². The van der Waals surface area contributed by atoms with E-state index in [2.05, 4.69) is 17.6 Å². The highest BCUT2D eigenvalue weighted by Gasteiger charge is 2.00. The van der Waals surface area contributed by atoms with E-state index in [4.69, 9.17) is 0 Å². The Balaban J connectivity index is 2.65. The van der Waals surface area contributed by atoms with Crippen LogP contribution in [0.4, 0.5) is 0 Å². The molecule has 0 aromatic heterocycles. The van der Waals surface area contributed by atoms with Gasteiger partial charge in [0.2, 0.25) is 0 Å². The summed E-state index contributed by atoms with van der Waals surface area (Å²) >= 11 is 0. The summed E-state index contributed by atoms with van der Waals surface area (Å²) in [7, 11) is 0. The van der Waals surface area contributed by atoms with Gasteiger partial charge in [-0.3, -0.25) is 4.79 Å². The average molecular weight is 203 g/mol. The second kappa shape index (κ2) is 5.03. The molecule has 0 aliphatic rings. The number of aryl methyl sites for hydroxylation is 1. The van der Waals surface area contributed by atoms with E-state index in [-0.39, 0.29) is 11.7 Å². The van der Waals surface area contributed by atoms with E-state index >= 15 is 0 Å². The van der Waals surface area contributed by atoms with Crippen LogP contribution in [0, 0.1) is 6.92 Å². The normalized spacial score (nSPS) is 9.13. The lowest BCUT2D eigenvalue weighted by molar-refractivity contribution is -0.116. The molecule has 0 fully saturated rings. The van der Waals surface area contributed by atoms with Gasteiger partial charge in [0.15, 0.2) is 0 Å². The second-order valence-electron chi connectivity index (χ2n) is 3.18. The number of rotatable bonds is 3. The van der Waals surface area contributed by atoms with Gasteiger partial charge in [-0.1, -0.05) is 12.6 Å². The molecule has 1 rings (SSSR count). The van der Waals surface area contributed by atoms with Gasteiger partial charge >= 0.3 is 0 Å². The number of carbonyl (C=O) groups excluding carboxylic acids is 1. The molecule has 1 amide bonds. The molecule has 0 saturated carbocycles. The van der Waals surface area contributed by atoms with Crippen LogP contribution in [0.15, 0.2) is 36.6 Å². The van der Waals surface area contributed by atoms with Gasteiger partial charge in [0.1, 0.15) is 5.75 Å². The maximum absolute atomic E-state index is 11.1. The molecule has 1 aromatic rings. The quantitative estimate of drug-likeness (QED) is 0.579. The first kappa shape index (κ1) is 11.1. The third-order valence-electron chi connectivity index (χ3n) is 2.01. The Kier molecular flexibility index (Phi) is 3.72. The highest BCUT2D eigenvalue weighted by molar-refractivity contribution is 5.87. The van der Waals surface area contributed by atoms with E-state index in [9.17, 15) is 9.90 Å². The lowest BCUT2D eigenvalue weighted by Gasteiger charge is -2.06. The van der Waals surface area contributed by atoms with Crippen molar-refractivity contribution in [3.05, 3.63) is 47.7 Å². The number of phenolic OH excluding ortho intramolecular Hbond substituents is 1. The molecule has 78 valence electrons. The van der Waals surface area contributed by atoms with Crippen molar-refractivity contribution in [3.63, 3.8) is 0 Å². The van der Waals surface area contributed by atoms with E-state index in [1.807, 2.05) is 6.92 Å². The van der Waals surface area contributed by atoms with Crippen LogP contribution < -0.4 is 5.32 Å². The summed E-state index contributed by atoms with van der Waals surface area (Å²) in [6.07, 6.45) is 1.25. The molecule has 0 aliphatic heterocycles. The Morgan fingerprint density at radius 1 is 1.67 bits per heavy atom. The first-order valence-corrected chi connectivity index (χ1v) is 4.55. The minimum atomic E-state index is -0.225. The molecule has 0 atom stereocenters. The van der Waals surface area contributed by atoms with Gasteiger partial charge in [-0.2, -0.15) is 0 Å². The predicted molar refractivity (Wildman–Crippen MR) is 58.4 cm³/mol. The molecular weight excluding hydrogens is 190 g/mol. The Morgan fingerprint density at radius 3 is 3.00 bits per heavy atom. The fourth-order valence-corrected chi connectivity index (χ4v) is 1.20. The summed E-state index contributed by atoms with van der Waals surface area (Å²) < 4.78 is 0. The molecular formula is C12H13NO2. The number of carbonyl (C=O) groups is 1. The number of benzene rings is 1. The number of hydrogen-bond acceptors (Lipinski definition) is 2. The van der Waals surface area contributed by atoms with Crippen molar-refractivity contribution in [1.29, 1.82) is 0 Å². The number of aromatic hydroxyl groups is 1. The first-order chi connectivity index (χ1) is 7.13. The third-order valence-corrected chi connectivity index (χ3v) is 2.01. The Bertz CT molecular complexity index is 418. The Morgan fingerprint density at radius 2 is 2.40 bits per heavy atom. The van der Waals surface area contributed by atoms with Crippen LogP contribution in [-0.4, -0.2) is 11.0 Å². The summed E-state index contributed by atoms with van der Waals surface area (Å²) in [5.74, 6) is 0.00559.